The fourth-order valence-corrected chi connectivity index (χ4v) is 5.52. The van der Waals surface area contributed by atoms with E-state index in [2.05, 4.69) is 135 Å². The molecule has 0 aliphatic heterocycles. The van der Waals surface area contributed by atoms with Gasteiger partial charge in [0.15, 0.2) is 0 Å². The van der Waals surface area contributed by atoms with Crippen molar-refractivity contribution in [3.05, 3.63) is 209 Å². The number of nitrogens with zero attached hydrogens (tertiary/aromatic N) is 4. The third-order valence-electron chi connectivity index (χ3n) is 9.57. The zero-order valence-electron chi connectivity index (χ0n) is 55.0. The van der Waals surface area contributed by atoms with E-state index in [-0.39, 0.29) is 0 Å². The molecule has 7 aromatic heterocycles. The van der Waals surface area contributed by atoms with E-state index >= 15 is 0 Å². The van der Waals surface area contributed by atoms with Crippen molar-refractivity contribution in [3.63, 3.8) is 0 Å². The van der Waals surface area contributed by atoms with Gasteiger partial charge in [-0.25, -0.2) is 0 Å². The molecule has 0 atom stereocenters. The minimum absolute atomic E-state index is 1.01. The first-order chi connectivity index (χ1) is 36.4. The lowest BCUT2D eigenvalue weighted by atomic mass is 10.1. The van der Waals surface area contributed by atoms with Crippen LogP contribution in [0.25, 0.3) is 0 Å². The highest BCUT2D eigenvalue weighted by molar-refractivity contribution is 7.10. The highest BCUT2D eigenvalue weighted by atomic mass is 32.1. The number of hydrogen-bond donors (Lipinski definition) is 0. The smallest absolute Gasteiger partial charge is 0.103 e. The summed E-state index contributed by atoms with van der Waals surface area (Å²) >= 11 is 3.61. The van der Waals surface area contributed by atoms with Crippen molar-refractivity contribution >= 4 is 22.7 Å². The Bertz CT molecular complexity index is 1860. The molecule has 7 heterocycles. The van der Waals surface area contributed by atoms with Crippen LogP contribution < -0.4 is 0 Å². The van der Waals surface area contributed by atoms with Gasteiger partial charge in [-0.05, 0) is 202 Å². The zero-order valence-corrected chi connectivity index (χ0v) is 56.6. The molecule has 0 radical (unpaired) electrons. The molecule has 0 fully saturated rings. The summed E-state index contributed by atoms with van der Waals surface area (Å²) in [6.45, 7) is 64.8. The van der Waals surface area contributed by atoms with E-state index < -0.39 is 0 Å². The number of furan rings is 2. The second-order valence-electron chi connectivity index (χ2n) is 14.3. The van der Waals surface area contributed by atoms with E-state index in [4.69, 9.17) is 8.83 Å². The van der Waals surface area contributed by atoms with Crippen molar-refractivity contribution < 1.29 is 8.83 Å². The van der Waals surface area contributed by atoms with Gasteiger partial charge in [0.1, 0.15) is 11.5 Å². The summed E-state index contributed by atoms with van der Waals surface area (Å²) in [7, 11) is 0. The molecule has 0 unspecified atom stereocenters. The van der Waals surface area contributed by atoms with E-state index in [1.807, 2.05) is 203 Å². The number of benzene rings is 1. The van der Waals surface area contributed by atoms with Crippen LogP contribution >= 0.6 is 22.7 Å². The monoisotopic (exact) mass is 1080 g/mol. The van der Waals surface area contributed by atoms with Gasteiger partial charge in [-0.2, -0.15) is 0 Å². The third-order valence-corrected chi connectivity index (χ3v) is 11.5. The molecule has 0 spiro atoms. The highest BCUT2D eigenvalue weighted by Crippen LogP contribution is 2.13. The van der Waals surface area contributed by atoms with E-state index in [1.165, 1.54) is 54.3 Å². The SMILES string of the molecule is CC.CC.CC.CC.CC.CC.CC.CC.Cc1ccccc1C.Cc1cccnc1C.Cc1cccnc1C.Cc1ccoc1C.Cc1ccoc1C.Cc1ccsc1C.Cc1ccsc1C.Cc1nccnc1C. The Labute approximate surface area is 479 Å². The molecule has 76 heavy (non-hydrogen) atoms. The standard InChI is InChI=1S/C8H10.2C7H9N.C6H8N2.2C6H8O.2C6H8S.8C2H6/c1-7-5-3-4-6-8(7)2;2*1-6-4-3-5-8-7(6)2;1-5-6(2)8-4-3-7-5;4*1-5-3-4-7-6(5)2;8*1-2/h3-6H,1-2H3;2*3-5H,1-2H3;3-4H,1-2H3;4*3-4H,1-2H3;8*1-2H3. The van der Waals surface area contributed by atoms with Crippen LogP contribution in [0.1, 0.15) is 199 Å². The molecule has 0 saturated heterocycles. The van der Waals surface area contributed by atoms with E-state index in [1.54, 1.807) is 47.6 Å². The summed E-state index contributed by atoms with van der Waals surface area (Å²) in [5, 5.41) is 4.23. The van der Waals surface area contributed by atoms with Gasteiger partial charge < -0.3 is 8.83 Å². The van der Waals surface area contributed by atoms with Gasteiger partial charge in [0.2, 0.25) is 0 Å². The first-order valence-electron chi connectivity index (χ1n) is 28.0. The third kappa shape index (κ3) is 50.7. The topological polar surface area (TPSA) is 77.8 Å². The van der Waals surface area contributed by atoms with Crippen molar-refractivity contribution in [1.29, 1.82) is 0 Å². The van der Waals surface area contributed by atoms with E-state index in [0.717, 1.165) is 34.3 Å². The van der Waals surface area contributed by atoms with Crippen molar-refractivity contribution in [3.8, 4) is 0 Å². The maximum Gasteiger partial charge on any atom is 0.103 e. The maximum absolute atomic E-state index is 4.96. The highest BCUT2D eigenvalue weighted by Gasteiger charge is 1.92. The Hall–Kier alpha value is -5.44. The number of rotatable bonds is 0. The van der Waals surface area contributed by atoms with Crippen LogP contribution in [0.2, 0.25) is 0 Å². The predicted octanol–water partition coefficient (Wildman–Crippen LogP) is 23.5. The van der Waals surface area contributed by atoms with Gasteiger partial charge in [-0.3, -0.25) is 19.9 Å². The molecule has 0 aliphatic carbocycles. The van der Waals surface area contributed by atoms with Crippen molar-refractivity contribution in [2.75, 3.05) is 0 Å². The Kier molecular flexibility index (Phi) is 75.4. The Morgan fingerprint density at radius 2 is 0.526 bits per heavy atom. The van der Waals surface area contributed by atoms with Crippen LogP contribution in [0.3, 0.4) is 0 Å². The second kappa shape index (κ2) is 65.7. The van der Waals surface area contributed by atoms with Gasteiger partial charge in [0.05, 0.1) is 23.9 Å². The predicted molar refractivity (Wildman–Crippen MR) is 350 cm³/mol. The van der Waals surface area contributed by atoms with Crippen LogP contribution in [0.15, 0.2) is 130 Å². The Morgan fingerprint density at radius 1 is 0.263 bits per heavy atom. The fraction of sp³-hybridized carbons (Fsp3) is 0.471. The molecule has 0 saturated carbocycles. The van der Waals surface area contributed by atoms with Gasteiger partial charge in [0, 0.05) is 45.9 Å². The average Bonchev–Trinajstić information content (AvgIpc) is 4.26. The number of aromatic nitrogens is 4. The molecule has 1 aromatic carbocycles. The molecule has 432 valence electrons. The largest absolute Gasteiger partial charge is 0.469 e. The lowest BCUT2D eigenvalue weighted by Gasteiger charge is -1.93. The zero-order chi connectivity index (χ0) is 61.0. The molecule has 0 aliphatic rings. The van der Waals surface area contributed by atoms with E-state index in [0.29, 0.717) is 0 Å². The van der Waals surface area contributed by atoms with Gasteiger partial charge in [-0.1, -0.05) is 147 Å². The number of thiophene rings is 2. The number of aryl methyl sites for hydroxylation is 16. The van der Waals surface area contributed by atoms with Gasteiger partial charge in [0.25, 0.3) is 0 Å². The van der Waals surface area contributed by atoms with Crippen LogP contribution in [-0.2, 0) is 0 Å². The van der Waals surface area contributed by atoms with Crippen molar-refractivity contribution in [1.82, 2.24) is 19.9 Å². The molecular formula is C68H116N4O2S2. The summed E-state index contributed by atoms with van der Waals surface area (Å²) in [5.74, 6) is 2.03. The Balaban J connectivity index is -0.000000112. The maximum atomic E-state index is 4.96. The van der Waals surface area contributed by atoms with Gasteiger partial charge in [-0.15, -0.1) is 22.7 Å². The summed E-state index contributed by atoms with van der Waals surface area (Å²) in [6, 6.07) is 24.6. The summed E-state index contributed by atoms with van der Waals surface area (Å²) < 4.78 is 9.93. The van der Waals surface area contributed by atoms with Crippen LogP contribution in [0.5, 0.6) is 0 Å². The molecule has 8 aromatic rings. The normalized spacial score (nSPS) is 8.00. The fourth-order valence-electron chi connectivity index (χ4n) is 4.06. The molecular weight excluding hydrogens is 969 g/mol. The first kappa shape index (κ1) is 87.2. The molecule has 8 heteroatoms. The second-order valence-corrected chi connectivity index (χ2v) is 16.5. The molecule has 6 nitrogen and oxygen atoms in total. The summed E-state index contributed by atoms with van der Waals surface area (Å²) in [5.41, 5.74) is 14.8. The molecule has 0 amide bonds. The van der Waals surface area contributed by atoms with Crippen molar-refractivity contribution in [2.45, 2.75) is 222 Å². The number of pyridine rings is 2. The van der Waals surface area contributed by atoms with Crippen LogP contribution in [0, 0.1) is 111 Å². The summed E-state index contributed by atoms with van der Waals surface area (Å²) in [4.78, 5) is 19.1. The van der Waals surface area contributed by atoms with Crippen molar-refractivity contribution in [2.24, 2.45) is 0 Å². The van der Waals surface area contributed by atoms with Gasteiger partial charge >= 0.3 is 0 Å². The van der Waals surface area contributed by atoms with Crippen LogP contribution in [-0.4, -0.2) is 19.9 Å². The first-order valence-corrected chi connectivity index (χ1v) is 29.8. The molecule has 0 bridgehead atoms. The van der Waals surface area contributed by atoms with Crippen LogP contribution in [0.4, 0.5) is 0 Å². The lowest BCUT2D eigenvalue weighted by molar-refractivity contribution is 0.531. The minimum Gasteiger partial charge on any atom is -0.469 e. The molecule has 8 rings (SSSR count). The molecule has 0 N–H and O–H groups in total. The summed E-state index contributed by atoms with van der Waals surface area (Å²) in [6.07, 6.45) is 10.4. The minimum atomic E-state index is 1.01. The quantitative estimate of drug-likeness (QED) is 0.151. The Morgan fingerprint density at radius 3 is 0.645 bits per heavy atom. The average molecular weight is 1090 g/mol. The lowest BCUT2D eigenvalue weighted by Crippen LogP contribution is -1.87. The number of hydrogen-bond acceptors (Lipinski definition) is 8. The van der Waals surface area contributed by atoms with E-state index in [9.17, 15) is 0 Å².